The number of nitro groups is 1. The van der Waals surface area contributed by atoms with Gasteiger partial charge in [-0.1, -0.05) is 24.3 Å². The van der Waals surface area contributed by atoms with E-state index in [1.54, 1.807) is 43.5 Å². The zero-order chi connectivity index (χ0) is 23.6. The van der Waals surface area contributed by atoms with Crippen LogP contribution in [0.4, 0.5) is 11.4 Å². The van der Waals surface area contributed by atoms with Gasteiger partial charge < -0.3 is 15.4 Å². The Morgan fingerprint density at radius 3 is 2.73 bits per heavy atom. The van der Waals surface area contributed by atoms with E-state index in [0.717, 1.165) is 4.88 Å². The Morgan fingerprint density at radius 1 is 1.21 bits per heavy atom. The number of nitrogens with one attached hydrogen (secondary N) is 2. The quantitative estimate of drug-likeness (QED) is 0.180. The minimum absolute atomic E-state index is 0.0198. The molecule has 0 aliphatic rings. The fourth-order valence-electron chi connectivity index (χ4n) is 2.79. The summed E-state index contributed by atoms with van der Waals surface area (Å²) in [4.78, 5) is 24.4. The number of benzene rings is 2. The number of nitro benzene ring substituents is 1. The van der Waals surface area contributed by atoms with Crippen LogP contribution in [0.2, 0.25) is 0 Å². The van der Waals surface area contributed by atoms with Gasteiger partial charge in [0.15, 0.2) is 0 Å². The fourth-order valence-corrected chi connectivity index (χ4v) is 4.40. The predicted octanol–water partition coefficient (Wildman–Crippen LogP) is 5.06. The Labute approximate surface area is 199 Å². The van der Waals surface area contributed by atoms with Crippen LogP contribution >= 0.6 is 23.1 Å². The zero-order valence-electron chi connectivity index (χ0n) is 17.6. The van der Waals surface area contributed by atoms with Crippen LogP contribution in [0, 0.1) is 21.4 Å². The first-order valence-corrected chi connectivity index (χ1v) is 11.6. The number of methoxy groups -OCH3 is 1. The van der Waals surface area contributed by atoms with Crippen molar-refractivity contribution in [3.63, 3.8) is 0 Å². The number of anilines is 1. The molecule has 0 saturated carbocycles. The Balaban J connectivity index is 1.86. The molecular weight excluding hydrogens is 460 g/mol. The largest absolute Gasteiger partial charge is 0.497 e. The first-order valence-electron chi connectivity index (χ1n) is 9.72. The Hall–Kier alpha value is -3.81. The number of hydrogen-bond donors (Lipinski definition) is 2. The molecule has 0 bridgehead atoms. The maximum absolute atomic E-state index is 12.8. The van der Waals surface area contributed by atoms with Gasteiger partial charge in [-0.15, -0.1) is 23.1 Å². The molecule has 1 amide bonds. The minimum Gasteiger partial charge on any atom is -0.497 e. The normalized spacial score (nSPS) is 11.2. The third-order valence-corrected chi connectivity index (χ3v) is 6.35. The van der Waals surface area contributed by atoms with E-state index in [9.17, 15) is 20.2 Å². The summed E-state index contributed by atoms with van der Waals surface area (Å²) in [6.07, 6.45) is 0. The number of hydrogen-bond acceptors (Lipinski definition) is 8. The zero-order valence-corrected chi connectivity index (χ0v) is 19.2. The van der Waals surface area contributed by atoms with Gasteiger partial charge in [0.2, 0.25) is 0 Å². The molecular formula is C23H20N4O4S2. The molecule has 10 heteroatoms. The molecule has 0 unspecified atom stereocenters. The monoisotopic (exact) mass is 480 g/mol. The van der Waals surface area contributed by atoms with Gasteiger partial charge in [0.1, 0.15) is 17.4 Å². The maximum Gasteiger partial charge on any atom is 0.269 e. The summed E-state index contributed by atoms with van der Waals surface area (Å²) in [6, 6.07) is 19.1. The molecule has 2 N–H and O–H groups in total. The van der Waals surface area contributed by atoms with Crippen molar-refractivity contribution in [1.82, 2.24) is 5.32 Å². The van der Waals surface area contributed by atoms with Crippen molar-refractivity contribution >= 4 is 40.4 Å². The van der Waals surface area contributed by atoms with Crippen molar-refractivity contribution in [1.29, 1.82) is 5.26 Å². The number of thioether (sulfide) groups is 1. The lowest BCUT2D eigenvalue weighted by Gasteiger charge is -2.14. The number of rotatable bonds is 10. The summed E-state index contributed by atoms with van der Waals surface area (Å²) in [7, 11) is 1.55. The smallest absolute Gasteiger partial charge is 0.269 e. The summed E-state index contributed by atoms with van der Waals surface area (Å²) >= 11 is 2.72. The molecule has 0 atom stereocenters. The number of carbonyl (C=O) groups excluding carboxylic acids is 1. The van der Waals surface area contributed by atoms with Gasteiger partial charge in [0.25, 0.3) is 11.6 Å². The van der Waals surface area contributed by atoms with E-state index in [4.69, 9.17) is 4.74 Å². The molecule has 1 aromatic heterocycles. The summed E-state index contributed by atoms with van der Waals surface area (Å²) in [6.45, 7) is 0.309. The van der Waals surface area contributed by atoms with Crippen molar-refractivity contribution in [2.24, 2.45) is 0 Å². The van der Waals surface area contributed by atoms with Crippen LogP contribution < -0.4 is 15.4 Å². The van der Waals surface area contributed by atoms with Crippen molar-refractivity contribution in [3.05, 3.63) is 97.2 Å². The van der Waals surface area contributed by atoms with Gasteiger partial charge in [0, 0.05) is 34.5 Å². The van der Waals surface area contributed by atoms with Gasteiger partial charge in [-0.25, -0.2) is 0 Å². The molecule has 0 spiro atoms. The van der Waals surface area contributed by atoms with Crippen molar-refractivity contribution in [2.45, 2.75) is 12.3 Å². The van der Waals surface area contributed by atoms with Crippen LogP contribution in [0.1, 0.15) is 10.4 Å². The number of carbonyl (C=O) groups is 1. The minimum atomic E-state index is -0.511. The molecule has 33 heavy (non-hydrogen) atoms. The Kier molecular flexibility index (Phi) is 8.46. The molecule has 0 radical (unpaired) electrons. The van der Waals surface area contributed by atoms with Crippen LogP contribution in [0.15, 0.2) is 76.6 Å². The first kappa shape index (κ1) is 23.8. The topological polar surface area (TPSA) is 117 Å². The standard InChI is InChI=1S/C23H20N4O4S2/c1-31-19-8-3-6-17(12-19)26-23(33-15-16-5-2-7-18(11-16)27(29)30)21(13-24)22(28)25-14-20-9-4-10-32-20/h2-12,26H,14-15H2,1H3,(H,25,28). The van der Waals surface area contributed by atoms with Crippen molar-refractivity contribution < 1.29 is 14.5 Å². The van der Waals surface area contributed by atoms with E-state index in [1.807, 2.05) is 23.6 Å². The van der Waals surface area contributed by atoms with E-state index in [1.165, 1.54) is 35.2 Å². The lowest BCUT2D eigenvalue weighted by Crippen LogP contribution is -2.25. The van der Waals surface area contributed by atoms with Gasteiger partial charge >= 0.3 is 0 Å². The summed E-state index contributed by atoms with van der Waals surface area (Å²) in [5, 5.41) is 29.0. The lowest BCUT2D eigenvalue weighted by molar-refractivity contribution is -0.384. The highest BCUT2D eigenvalue weighted by molar-refractivity contribution is 8.02. The second-order valence-corrected chi connectivity index (χ2v) is 8.67. The molecule has 0 fully saturated rings. The SMILES string of the molecule is COc1cccc(NC(SCc2cccc([N+](=O)[O-])c2)=C(C#N)C(=O)NCc2cccs2)c1. The van der Waals surface area contributed by atoms with E-state index in [-0.39, 0.29) is 11.3 Å². The summed E-state index contributed by atoms with van der Waals surface area (Å²) in [5.74, 6) is 0.420. The maximum atomic E-state index is 12.8. The van der Waals surface area contributed by atoms with Crippen LogP contribution in [0.25, 0.3) is 0 Å². The molecule has 3 aromatic rings. The third-order valence-electron chi connectivity index (χ3n) is 4.40. The van der Waals surface area contributed by atoms with Crippen LogP contribution in [0.5, 0.6) is 5.75 Å². The van der Waals surface area contributed by atoms with E-state index >= 15 is 0 Å². The number of thiophene rings is 1. The first-order chi connectivity index (χ1) is 16.0. The number of non-ortho nitro benzene ring substituents is 1. The second kappa shape index (κ2) is 11.7. The second-order valence-electron chi connectivity index (χ2n) is 6.65. The summed E-state index contributed by atoms with van der Waals surface area (Å²) < 4.78 is 5.25. The van der Waals surface area contributed by atoms with Gasteiger partial charge in [-0.05, 0) is 29.1 Å². The Bertz CT molecular complexity index is 1200. The average molecular weight is 481 g/mol. The molecule has 0 aliphatic carbocycles. The van der Waals surface area contributed by atoms with Crippen LogP contribution in [-0.4, -0.2) is 17.9 Å². The highest BCUT2D eigenvalue weighted by Gasteiger charge is 2.18. The molecule has 1 heterocycles. The molecule has 2 aromatic carbocycles. The van der Waals surface area contributed by atoms with E-state index in [0.29, 0.717) is 34.3 Å². The van der Waals surface area contributed by atoms with E-state index in [2.05, 4.69) is 10.6 Å². The molecule has 8 nitrogen and oxygen atoms in total. The third kappa shape index (κ3) is 6.83. The molecule has 0 saturated heterocycles. The van der Waals surface area contributed by atoms with Crippen LogP contribution in [-0.2, 0) is 17.1 Å². The average Bonchev–Trinajstić information content (AvgIpc) is 3.35. The van der Waals surface area contributed by atoms with Crippen molar-refractivity contribution in [3.8, 4) is 11.8 Å². The number of ether oxygens (including phenoxy) is 1. The van der Waals surface area contributed by atoms with Gasteiger partial charge in [0.05, 0.1) is 23.6 Å². The Morgan fingerprint density at radius 2 is 2.03 bits per heavy atom. The number of nitriles is 1. The van der Waals surface area contributed by atoms with Gasteiger partial charge in [-0.2, -0.15) is 5.26 Å². The number of nitrogens with zero attached hydrogens (tertiary/aromatic N) is 2. The fraction of sp³-hybridized carbons (Fsp3) is 0.130. The van der Waals surface area contributed by atoms with Crippen molar-refractivity contribution in [2.75, 3.05) is 12.4 Å². The highest BCUT2D eigenvalue weighted by Crippen LogP contribution is 2.29. The van der Waals surface area contributed by atoms with E-state index < -0.39 is 10.8 Å². The predicted molar refractivity (Wildman–Crippen MR) is 130 cm³/mol. The van der Waals surface area contributed by atoms with Gasteiger partial charge in [-0.3, -0.25) is 14.9 Å². The number of amides is 1. The lowest BCUT2D eigenvalue weighted by atomic mass is 10.2. The highest BCUT2D eigenvalue weighted by atomic mass is 32.2. The van der Waals surface area contributed by atoms with Crippen LogP contribution in [0.3, 0.4) is 0 Å². The molecule has 3 rings (SSSR count). The summed E-state index contributed by atoms with van der Waals surface area (Å²) in [5.41, 5.74) is 1.23. The molecule has 168 valence electrons. The molecule has 0 aliphatic heterocycles.